The zero-order chi connectivity index (χ0) is 20.0. The van der Waals surface area contributed by atoms with Crippen molar-refractivity contribution in [1.29, 1.82) is 0 Å². The van der Waals surface area contributed by atoms with Crippen LogP contribution >= 0.6 is 12.1 Å². The van der Waals surface area contributed by atoms with Crippen LogP contribution in [0.1, 0.15) is 25.3 Å². The SMILES string of the molecule is C[C@H]1C[C@]2(CCN1Cc1c[nH]c3ccccc13)CN(C)SN2c1cccc(F)c1. The molecule has 0 unspecified atom stereocenters. The number of hydrogen-bond donors (Lipinski definition) is 1. The molecule has 3 heterocycles. The first-order valence-corrected chi connectivity index (χ1v) is 11.0. The third-order valence-electron chi connectivity index (χ3n) is 6.42. The van der Waals surface area contributed by atoms with Crippen LogP contribution in [0.25, 0.3) is 10.9 Å². The molecule has 1 N–H and O–H groups in total. The highest BCUT2D eigenvalue weighted by Gasteiger charge is 2.48. The second-order valence-corrected chi connectivity index (χ2v) is 9.65. The summed E-state index contributed by atoms with van der Waals surface area (Å²) in [6, 6.07) is 16.0. The predicted octanol–water partition coefficient (Wildman–Crippen LogP) is 5.05. The number of aromatic amines is 1. The van der Waals surface area contributed by atoms with E-state index in [0.29, 0.717) is 6.04 Å². The van der Waals surface area contributed by atoms with Crippen LogP contribution in [0.3, 0.4) is 0 Å². The number of likely N-dealkylation sites (tertiary alicyclic amines) is 1. The van der Waals surface area contributed by atoms with E-state index in [1.807, 2.05) is 12.1 Å². The highest BCUT2D eigenvalue weighted by Crippen LogP contribution is 2.46. The van der Waals surface area contributed by atoms with E-state index >= 15 is 0 Å². The van der Waals surface area contributed by atoms with Gasteiger partial charge in [-0.2, -0.15) is 0 Å². The minimum absolute atomic E-state index is 0.0450. The number of rotatable bonds is 3. The molecule has 0 aliphatic carbocycles. The summed E-state index contributed by atoms with van der Waals surface area (Å²) in [6.07, 6.45) is 4.30. The van der Waals surface area contributed by atoms with Gasteiger partial charge in [0.2, 0.25) is 0 Å². The topological polar surface area (TPSA) is 25.5 Å². The van der Waals surface area contributed by atoms with Crippen molar-refractivity contribution in [3.8, 4) is 0 Å². The molecule has 0 amide bonds. The predicted molar refractivity (Wildman–Crippen MR) is 119 cm³/mol. The van der Waals surface area contributed by atoms with Crippen molar-refractivity contribution in [3.63, 3.8) is 0 Å². The maximum Gasteiger partial charge on any atom is 0.125 e. The van der Waals surface area contributed by atoms with Crippen molar-refractivity contribution < 1.29 is 4.39 Å². The molecule has 1 spiro atoms. The third kappa shape index (κ3) is 3.43. The Labute approximate surface area is 175 Å². The molecule has 3 aromatic rings. The van der Waals surface area contributed by atoms with Crippen molar-refractivity contribution in [2.45, 2.75) is 37.9 Å². The van der Waals surface area contributed by atoms with E-state index in [1.165, 1.54) is 22.5 Å². The Kier molecular flexibility index (Phi) is 4.81. The van der Waals surface area contributed by atoms with E-state index in [-0.39, 0.29) is 11.4 Å². The first-order valence-electron chi connectivity index (χ1n) is 10.3. The number of nitrogens with one attached hydrogen (secondary N) is 1. The molecule has 29 heavy (non-hydrogen) atoms. The quantitative estimate of drug-likeness (QED) is 0.611. The van der Waals surface area contributed by atoms with Crippen LogP contribution in [-0.4, -0.2) is 45.9 Å². The Bertz CT molecular complexity index is 1020. The Morgan fingerprint density at radius 3 is 2.90 bits per heavy atom. The van der Waals surface area contributed by atoms with Gasteiger partial charge in [0.1, 0.15) is 5.82 Å². The Morgan fingerprint density at radius 2 is 2.07 bits per heavy atom. The van der Waals surface area contributed by atoms with Gasteiger partial charge in [-0.3, -0.25) is 9.21 Å². The normalized spacial score (nSPS) is 26.0. The standard InChI is InChI=1S/C23H27FN4S/c1-17-13-23(16-26(2)29-28(23)20-7-5-6-19(24)12-20)10-11-27(17)15-18-14-25-22-9-4-3-8-21(18)22/h3-9,12,14,17,25H,10-11,13,15-16H2,1-2H3/t17-,23+/m0/s1. The lowest BCUT2D eigenvalue weighted by atomic mass is 9.82. The van der Waals surface area contributed by atoms with Gasteiger partial charge in [-0.05, 0) is 56.6 Å². The minimum atomic E-state index is -0.169. The molecule has 6 heteroatoms. The van der Waals surface area contributed by atoms with Crippen LogP contribution < -0.4 is 4.31 Å². The zero-order valence-corrected chi connectivity index (χ0v) is 17.8. The Morgan fingerprint density at radius 1 is 1.21 bits per heavy atom. The fourth-order valence-corrected chi connectivity index (χ4v) is 6.24. The highest BCUT2D eigenvalue weighted by atomic mass is 32.2. The lowest BCUT2D eigenvalue weighted by Gasteiger charge is -2.47. The van der Waals surface area contributed by atoms with Crippen molar-refractivity contribution in [2.75, 3.05) is 24.4 Å². The molecule has 152 valence electrons. The number of benzene rings is 2. The van der Waals surface area contributed by atoms with Crippen LogP contribution in [0.5, 0.6) is 0 Å². The molecule has 4 nitrogen and oxygen atoms in total. The number of nitrogens with zero attached hydrogens (tertiary/aromatic N) is 3. The zero-order valence-electron chi connectivity index (χ0n) is 16.9. The van der Waals surface area contributed by atoms with E-state index in [4.69, 9.17) is 0 Å². The maximum atomic E-state index is 13.9. The molecule has 5 rings (SSSR count). The molecular formula is C23H27FN4S. The second kappa shape index (κ2) is 7.35. The molecule has 2 aliphatic heterocycles. The molecular weight excluding hydrogens is 383 g/mol. The molecule has 2 aliphatic rings. The molecule has 2 atom stereocenters. The third-order valence-corrected chi connectivity index (χ3v) is 7.59. The lowest BCUT2D eigenvalue weighted by Crippen LogP contribution is -2.56. The summed E-state index contributed by atoms with van der Waals surface area (Å²) in [6.45, 7) is 5.34. The van der Waals surface area contributed by atoms with E-state index in [1.54, 1.807) is 18.2 Å². The van der Waals surface area contributed by atoms with Gasteiger partial charge in [-0.15, -0.1) is 0 Å². The number of hydrogen-bond acceptors (Lipinski definition) is 4. The van der Waals surface area contributed by atoms with Gasteiger partial charge in [0, 0.05) is 54.9 Å². The van der Waals surface area contributed by atoms with Gasteiger partial charge in [0.05, 0.1) is 11.2 Å². The Balaban J connectivity index is 1.37. The number of halogens is 1. The maximum absolute atomic E-state index is 13.9. The van der Waals surface area contributed by atoms with Crippen LogP contribution in [0.2, 0.25) is 0 Å². The summed E-state index contributed by atoms with van der Waals surface area (Å²) in [5.41, 5.74) is 3.58. The van der Waals surface area contributed by atoms with Gasteiger partial charge in [0.25, 0.3) is 0 Å². The first kappa shape index (κ1) is 19.0. The number of anilines is 1. The number of H-pyrrole nitrogens is 1. The molecule has 1 aromatic heterocycles. The number of aromatic nitrogens is 1. The summed E-state index contributed by atoms with van der Waals surface area (Å²) >= 11 is 1.72. The van der Waals surface area contributed by atoms with Gasteiger partial charge >= 0.3 is 0 Å². The summed E-state index contributed by atoms with van der Waals surface area (Å²) < 4.78 is 18.5. The molecule has 0 bridgehead atoms. The van der Waals surface area contributed by atoms with Gasteiger partial charge < -0.3 is 4.98 Å². The average Bonchev–Trinajstić information content (AvgIpc) is 3.25. The summed E-state index contributed by atoms with van der Waals surface area (Å²) in [5, 5.41) is 1.32. The van der Waals surface area contributed by atoms with Crippen molar-refractivity contribution >= 4 is 28.7 Å². The first-order chi connectivity index (χ1) is 14.0. The number of likely N-dealkylation sites (N-methyl/N-ethyl adjacent to an activating group) is 1. The van der Waals surface area contributed by atoms with Crippen LogP contribution in [0.4, 0.5) is 10.1 Å². The van der Waals surface area contributed by atoms with Crippen molar-refractivity contribution in [2.24, 2.45) is 0 Å². The van der Waals surface area contributed by atoms with Crippen LogP contribution in [-0.2, 0) is 6.54 Å². The fourth-order valence-electron chi connectivity index (χ4n) is 5.05. The monoisotopic (exact) mass is 410 g/mol. The second-order valence-electron chi connectivity index (χ2n) is 8.50. The fraction of sp³-hybridized carbons (Fsp3) is 0.391. The van der Waals surface area contributed by atoms with Crippen LogP contribution in [0, 0.1) is 5.82 Å². The molecule has 2 fully saturated rings. The Hall–Kier alpha value is -2.02. The molecule has 2 aromatic carbocycles. The van der Waals surface area contributed by atoms with Crippen molar-refractivity contribution in [3.05, 3.63) is 66.1 Å². The molecule has 2 saturated heterocycles. The minimum Gasteiger partial charge on any atom is -0.361 e. The smallest absolute Gasteiger partial charge is 0.125 e. The largest absolute Gasteiger partial charge is 0.361 e. The lowest BCUT2D eigenvalue weighted by molar-refractivity contribution is 0.101. The van der Waals surface area contributed by atoms with Crippen LogP contribution in [0.15, 0.2) is 54.7 Å². The summed E-state index contributed by atoms with van der Waals surface area (Å²) in [4.78, 5) is 5.99. The molecule has 0 saturated carbocycles. The van der Waals surface area contributed by atoms with Gasteiger partial charge in [-0.25, -0.2) is 8.70 Å². The van der Waals surface area contributed by atoms with Crippen molar-refractivity contribution in [1.82, 2.24) is 14.2 Å². The molecule has 0 radical (unpaired) electrons. The van der Waals surface area contributed by atoms with E-state index < -0.39 is 0 Å². The summed E-state index contributed by atoms with van der Waals surface area (Å²) in [7, 11) is 2.13. The number of para-hydroxylation sites is 1. The van der Waals surface area contributed by atoms with E-state index in [2.05, 4.69) is 62.9 Å². The highest BCUT2D eigenvalue weighted by molar-refractivity contribution is 7.98. The van der Waals surface area contributed by atoms with E-state index in [0.717, 1.165) is 38.2 Å². The summed E-state index contributed by atoms with van der Waals surface area (Å²) in [5.74, 6) is -0.169. The number of fused-ring (bicyclic) bond motifs is 1. The average molecular weight is 411 g/mol. The number of piperidine rings is 1. The van der Waals surface area contributed by atoms with Gasteiger partial charge in [-0.1, -0.05) is 24.3 Å². The van der Waals surface area contributed by atoms with Gasteiger partial charge in [0.15, 0.2) is 0 Å². The van der Waals surface area contributed by atoms with E-state index in [9.17, 15) is 4.39 Å².